The summed E-state index contributed by atoms with van der Waals surface area (Å²) < 4.78 is 0. The van der Waals surface area contributed by atoms with Gasteiger partial charge >= 0.3 is 0 Å². The van der Waals surface area contributed by atoms with E-state index in [0.717, 1.165) is 6.42 Å². The zero-order valence-corrected chi connectivity index (χ0v) is 10.0. The largest absolute Gasteiger partial charge is 0.370 e. The Morgan fingerprint density at radius 2 is 2.00 bits per heavy atom. The van der Waals surface area contributed by atoms with Gasteiger partial charge in [0.2, 0.25) is 5.91 Å². The van der Waals surface area contributed by atoms with Crippen LogP contribution in [0.2, 0.25) is 0 Å². The summed E-state index contributed by atoms with van der Waals surface area (Å²) in [6.07, 6.45) is 0.919. The fourth-order valence-corrected chi connectivity index (χ4v) is 0.996. The van der Waals surface area contributed by atoms with Crippen molar-refractivity contribution in [2.75, 3.05) is 6.54 Å². The zero-order valence-electron chi connectivity index (χ0n) is 10.0. The van der Waals surface area contributed by atoms with Crippen molar-refractivity contribution in [1.29, 1.82) is 0 Å². The Kier molecular flexibility index (Phi) is 6.49. The van der Waals surface area contributed by atoms with Crippen LogP contribution in [0.25, 0.3) is 0 Å². The minimum absolute atomic E-state index is 0.0923. The minimum atomic E-state index is -0.442. The molecule has 0 aromatic carbocycles. The molecule has 0 aromatic heterocycles. The van der Waals surface area contributed by atoms with Gasteiger partial charge in [-0.3, -0.25) is 4.79 Å². The Hall–Kier alpha value is -1.26. The molecule has 0 fully saturated rings. The highest BCUT2D eigenvalue weighted by molar-refractivity contribution is 5.86. The number of hydrogen-bond acceptors (Lipinski definition) is 2. The van der Waals surface area contributed by atoms with E-state index in [1.165, 1.54) is 0 Å². The molecule has 1 atom stereocenters. The molecule has 0 aliphatic rings. The van der Waals surface area contributed by atoms with Gasteiger partial charge in [0.05, 0.1) is 0 Å². The van der Waals surface area contributed by atoms with Crippen LogP contribution in [0.5, 0.6) is 0 Å². The Balaban J connectivity index is 4.08. The van der Waals surface area contributed by atoms with Gasteiger partial charge in [-0.2, -0.15) is 0 Å². The van der Waals surface area contributed by atoms with Gasteiger partial charge in [-0.25, -0.2) is 4.99 Å². The molecular weight excluding hydrogens is 192 g/mol. The molecule has 15 heavy (non-hydrogen) atoms. The van der Waals surface area contributed by atoms with Crippen molar-refractivity contribution in [2.45, 2.75) is 46.2 Å². The van der Waals surface area contributed by atoms with Crippen molar-refractivity contribution in [3.63, 3.8) is 0 Å². The van der Waals surface area contributed by atoms with Gasteiger partial charge in [-0.05, 0) is 27.2 Å². The third kappa shape index (κ3) is 6.76. The standard InChI is InChI=1S/C10H22N4O/c1-5-6-12-9(15)8(4)14-10(11)13-7(2)3/h7-8H,5-6H2,1-4H3,(H,12,15)(H3,11,13,14). The van der Waals surface area contributed by atoms with Crippen LogP contribution in [-0.4, -0.2) is 30.5 Å². The topological polar surface area (TPSA) is 79.5 Å². The van der Waals surface area contributed by atoms with Crippen LogP contribution in [0.15, 0.2) is 4.99 Å². The van der Waals surface area contributed by atoms with E-state index < -0.39 is 6.04 Å². The summed E-state index contributed by atoms with van der Waals surface area (Å²) in [4.78, 5) is 15.5. The number of aliphatic imine (C=N–C) groups is 1. The van der Waals surface area contributed by atoms with Crippen LogP contribution in [-0.2, 0) is 4.79 Å². The summed E-state index contributed by atoms with van der Waals surface area (Å²) in [6.45, 7) is 8.33. The molecule has 0 rings (SSSR count). The smallest absolute Gasteiger partial charge is 0.244 e. The van der Waals surface area contributed by atoms with Gasteiger partial charge < -0.3 is 16.4 Å². The average molecular weight is 214 g/mol. The Morgan fingerprint density at radius 3 is 2.47 bits per heavy atom. The predicted molar refractivity (Wildman–Crippen MR) is 62.7 cm³/mol. The minimum Gasteiger partial charge on any atom is -0.370 e. The number of carbonyl (C=O) groups excluding carboxylic acids is 1. The molecule has 0 spiro atoms. The summed E-state index contributed by atoms with van der Waals surface area (Å²) in [5.74, 6) is 0.217. The lowest BCUT2D eigenvalue weighted by Crippen LogP contribution is -2.40. The van der Waals surface area contributed by atoms with E-state index in [0.29, 0.717) is 12.5 Å². The highest BCUT2D eigenvalue weighted by Gasteiger charge is 2.10. The first-order valence-corrected chi connectivity index (χ1v) is 5.34. The SMILES string of the molecule is CCCNC(=O)C(C)N=C(N)NC(C)C. The molecule has 0 aromatic rings. The zero-order chi connectivity index (χ0) is 11.8. The van der Waals surface area contributed by atoms with E-state index in [9.17, 15) is 4.79 Å². The number of amides is 1. The summed E-state index contributed by atoms with van der Waals surface area (Å²) >= 11 is 0. The monoisotopic (exact) mass is 214 g/mol. The third-order valence-corrected chi connectivity index (χ3v) is 1.70. The Bertz CT molecular complexity index is 225. The van der Waals surface area contributed by atoms with Gasteiger partial charge in [-0.1, -0.05) is 6.92 Å². The first-order chi connectivity index (χ1) is 6.97. The summed E-state index contributed by atoms with van der Waals surface area (Å²) in [7, 11) is 0. The van der Waals surface area contributed by atoms with Gasteiger partial charge in [0, 0.05) is 12.6 Å². The van der Waals surface area contributed by atoms with Crippen molar-refractivity contribution in [1.82, 2.24) is 10.6 Å². The Labute approximate surface area is 91.5 Å². The van der Waals surface area contributed by atoms with Crippen molar-refractivity contribution >= 4 is 11.9 Å². The third-order valence-electron chi connectivity index (χ3n) is 1.70. The quantitative estimate of drug-likeness (QED) is 0.452. The van der Waals surface area contributed by atoms with Crippen molar-refractivity contribution in [3.05, 3.63) is 0 Å². The van der Waals surface area contributed by atoms with Crippen LogP contribution in [0.3, 0.4) is 0 Å². The number of nitrogens with two attached hydrogens (primary N) is 1. The van der Waals surface area contributed by atoms with Crippen molar-refractivity contribution < 1.29 is 4.79 Å². The fourth-order valence-electron chi connectivity index (χ4n) is 0.996. The van der Waals surface area contributed by atoms with Crippen LogP contribution in [0.4, 0.5) is 0 Å². The van der Waals surface area contributed by atoms with E-state index in [1.807, 2.05) is 20.8 Å². The number of rotatable bonds is 5. The number of guanidine groups is 1. The highest BCUT2D eigenvalue weighted by atomic mass is 16.2. The van der Waals surface area contributed by atoms with E-state index >= 15 is 0 Å². The molecule has 0 aliphatic heterocycles. The fraction of sp³-hybridized carbons (Fsp3) is 0.800. The van der Waals surface area contributed by atoms with Gasteiger partial charge in [0.15, 0.2) is 5.96 Å². The van der Waals surface area contributed by atoms with Gasteiger partial charge in [-0.15, -0.1) is 0 Å². The van der Waals surface area contributed by atoms with E-state index in [1.54, 1.807) is 6.92 Å². The Morgan fingerprint density at radius 1 is 1.40 bits per heavy atom. The van der Waals surface area contributed by atoms with E-state index in [2.05, 4.69) is 15.6 Å². The average Bonchev–Trinajstić information content (AvgIpc) is 2.12. The molecule has 5 nitrogen and oxygen atoms in total. The lowest BCUT2D eigenvalue weighted by molar-refractivity contribution is -0.121. The lowest BCUT2D eigenvalue weighted by atomic mass is 10.3. The van der Waals surface area contributed by atoms with Gasteiger partial charge in [0.25, 0.3) is 0 Å². The molecule has 1 unspecified atom stereocenters. The normalized spacial score (nSPS) is 13.8. The van der Waals surface area contributed by atoms with E-state index in [-0.39, 0.29) is 11.9 Å². The summed E-state index contributed by atoms with van der Waals surface area (Å²) in [5, 5.41) is 5.69. The maximum atomic E-state index is 11.4. The first-order valence-electron chi connectivity index (χ1n) is 5.34. The maximum absolute atomic E-state index is 11.4. The second-order valence-electron chi connectivity index (χ2n) is 3.78. The predicted octanol–water partition coefficient (Wildman–Crippen LogP) is 0.214. The summed E-state index contributed by atoms with van der Waals surface area (Å²) in [5.41, 5.74) is 5.60. The number of nitrogens with zero attached hydrogens (tertiary/aromatic N) is 1. The number of carbonyl (C=O) groups is 1. The van der Waals surface area contributed by atoms with Crippen molar-refractivity contribution in [3.8, 4) is 0 Å². The van der Waals surface area contributed by atoms with Crippen LogP contribution in [0, 0.1) is 0 Å². The molecule has 0 aliphatic carbocycles. The molecule has 4 N–H and O–H groups in total. The molecule has 0 saturated carbocycles. The molecule has 0 radical (unpaired) electrons. The molecule has 0 saturated heterocycles. The number of hydrogen-bond donors (Lipinski definition) is 3. The van der Waals surface area contributed by atoms with Crippen LogP contribution in [0.1, 0.15) is 34.1 Å². The maximum Gasteiger partial charge on any atom is 0.244 e. The van der Waals surface area contributed by atoms with Crippen LogP contribution >= 0.6 is 0 Å². The second-order valence-corrected chi connectivity index (χ2v) is 3.78. The van der Waals surface area contributed by atoms with E-state index in [4.69, 9.17) is 5.73 Å². The lowest BCUT2D eigenvalue weighted by Gasteiger charge is -2.12. The molecule has 0 heterocycles. The summed E-state index contributed by atoms with van der Waals surface area (Å²) in [6, 6.07) is -0.220. The molecule has 1 amide bonds. The highest BCUT2D eigenvalue weighted by Crippen LogP contribution is 1.90. The number of nitrogens with one attached hydrogen (secondary N) is 2. The van der Waals surface area contributed by atoms with Gasteiger partial charge in [0.1, 0.15) is 6.04 Å². The van der Waals surface area contributed by atoms with Crippen molar-refractivity contribution in [2.24, 2.45) is 10.7 Å². The molecular formula is C10H22N4O. The molecule has 5 heteroatoms. The second kappa shape index (κ2) is 7.09. The van der Waals surface area contributed by atoms with Crippen LogP contribution < -0.4 is 16.4 Å². The molecule has 88 valence electrons. The molecule has 0 bridgehead atoms. The first kappa shape index (κ1) is 13.7.